The van der Waals surface area contributed by atoms with Gasteiger partial charge in [-0.25, -0.2) is 0 Å². The molecule has 124 valence electrons. The molecule has 0 radical (unpaired) electrons. The lowest BCUT2D eigenvalue weighted by Gasteiger charge is -2.06. The van der Waals surface area contributed by atoms with Crippen LogP contribution in [0.15, 0.2) is 53.1 Å². The van der Waals surface area contributed by atoms with E-state index in [2.05, 4.69) is 16.2 Å². The molecule has 0 spiro atoms. The van der Waals surface area contributed by atoms with E-state index in [1.165, 1.54) is 0 Å². The number of carbonyl (C=O) groups is 1. The number of carboxylic acid groups (broad SMARTS) is 1. The molecule has 0 saturated carbocycles. The highest BCUT2D eigenvalue weighted by Crippen LogP contribution is 2.23. The highest BCUT2D eigenvalue weighted by molar-refractivity contribution is 5.73. The minimum atomic E-state index is -1.03. The number of nitrogens with zero attached hydrogens (tertiary/aromatic N) is 3. The zero-order chi connectivity index (χ0) is 17.8. The maximum absolute atomic E-state index is 10.8. The van der Waals surface area contributed by atoms with Gasteiger partial charge in [-0.3, -0.25) is 4.79 Å². The molecule has 1 atom stereocenters. The first-order chi connectivity index (χ1) is 12.1. The van der Waals surface area contributed by atoms with Crippen molar-refractivity contribution < 1.29 is 14.4 Å². The molecule has 7 nitrogen and oxygen atoms in total. The highest BCUT2D eigenvalue weighted by atomic mass is 16.5. The van der Waals surface area contributed by atoms with Crippen molar-refractivity contribution in [3.05, 3.63) is 59.7 Å². The minimum Gasteiger partial charge on any atom is -0.480 e. The number of nitriles is 1. The number of aliphatic carboxylic acids is 1. The lowest BCUT2D eigenvalue weighted by Crippen LogP contribution is -2.32. The number of nitrogens with two attached hydrogens (primary N) is 1. The molecular weight excluding hydrogens is 320 g/mol. The fourth-order valence-electron chi connectivity index (χ4n) is 2.28. The largest absolute Gasteiger partial charge is 0.480 e. The predicted molar refractivity (Wildman–Crippen MR) is 89.2 cm³/mol. The summed E-state index contributed by atoms with van der Waals surface area (Å²) in [5, 5.41) is 21.6. The third-order valence-corrected chi connectivity index (χ3v) is 3.67. The van der Waals surface area contributed by atoms with E-state index < -0.39 is 12.0 Å². The Labute approximate surface area is 143 Å². The quantitative estimate of drug-likeness (QED) is 0.732. The summed E-state index contributed by atoms with van der Waals surface area (Å²) in [6.45, 7) is 0. The Bertz CT molecular complexity index is 924. The fraction of sp³-hybridized carbons (Fsp3) is 0.111. The number of carboxylic acids is 1. The van der Waals surface area contributed by atoms with Gasteiger partial charge in [-0.15, -0.1) is 0 Å². The van der Waals surface area contributed by atoms with Crippen LogP contribution >= 0.6 is 0 Å². The van der Waals surface area contributed by atoms with E-state index in [1.54, 1.807) is 48.5 Å². The number of hydrogen-bond donors (Lipinski definition) is 2. The van der Waals surface area contributed by atoms with E-state index in [4.69, 9.17) is 20.6 Å². The molecule has 0 saturated heterocycles. The Morgan fingerprint density at radius 1 is 1.16 bits per heavy atom. The van der Waals surface area contributed by atoms with Crippen molar-refractivity contribution in [1.82, 2.24) is 10.1 Å². The summed E-state index contributed by atoms with van der Waals surface area (Å²) >= 11 is 0. The van der Waals surface area contributed by atoms with Gasteiger partial charge in [0, 0.05) is 11.1 Å². The molecule has 7 heteroatoms. The summed E-state index contributed by atoms with van der Waals surface area (Å²) in [5.41, 5.74) is 8.37. The molecule has 3 rings (SSSR count). The van der Waals surface area contributed by atoms with Crippen molar-refractivity contribution in [3.8, 4) is 28.9 Å². The molecule has 0 bridgehead atoms. The summed E-state index contributed by atoms with van der Waals surface area (Å²) in [5.74, 6) is -0.251. The van der Waals surface area contributed by atoms with Crippen LogP contribution in [0, 0.1) is 11.3 Å². The normalized spacial score (nSPS) is 11.7. The fourth-order valence-corrected chi connectivity index (χ4v) is 2.28. The van der Waals surface area contributed by atoms with Crippen LogP contribution in [0.4, 0.5) is 0 Å². The van der Waals surface area contributed by atoms with Crippen molar-refractivity contribution >= 4 is 5.97 Å². The number of hydrogen-bond acceptors (Lipinski definition) is 6. The summed E-state index contributed by atoms with van der Waals surface area (Å²) in [6.07, 6.45) is 0.248. The Morgan fingerprint density at radius 3 is 2.40 bits per heavy atom. The van der Waals surface area contributed by atoms with Crippen LogP contribution in [-0.2, 0) is 11.2 Å². The first-order valence-corrected chi connectivity index (χ1v) is 7.49. The van der Waals surface area contributed by atoms with Gasteiger partial charge in [0.15, 0.2) is 0 Å². The molecule has 0 aliphatic rings. The summed E-state index contributed by atoms with van der Waals surface area (Å²) in [4.78, 5) is 15.1. The van der Waals surface area contributed by atoms with Crippen molar-refractivity contribution in [2.24, 2.45) is 5.73 Å². The third kappa shape index (κ3) is 3.71. The molecule has 0 fully saturated rings. The number of rotatable bonds is 5. The van der Waals surface area contributed by atoms with Gasteiger partial charge in [0.2, 0.25) is 5.82 Å². The molecule has 1 aromatic heterocycles. The van der Waals surface area contributed by atoms with Gasteiger partial charge in [0.05, 0.1) is 11.6 Å². The van der Waals surface area contributed by atoms with Crippen LogP contribution in [0.1, 0.15) is 11.1 Å². The Kier molecular flexibility index (Phi) is 4.55. The molecule has 0 amide bonds. The van der Waals surface area contributed by atoms with Gasteiger partial charge < -0.3 is 15.4 Å². The molecule has 1 heterocycles. The van der Waals surface area contributed by atoms with Crippen LogP contribution in [0.25, 0.3) is 22.8 Å². The highest BCUT2D eigenvalue weighted by Gasteiger charge is 2.13. The molecule has 0 aliphatic heterocycles. The van der Waals surface area contributed by atoms with Crippen LogP contribution in [-0.4, -0.2) is 27.3 Å². The maximum Gasteiger partial charge on any atom is 0.320 e. The van der Waals surface area contributed by atoms with E-state index in [9.17, 15) is 4.79 Å². The smallest absolute Gasteiger partial charge is 0.320 e. The van der Waals surface area contributed by atoms with E-state index in [-0.39, 0.29) is 6.42 Å². The molecule has 2 aromatic carbocycles. The van der Waals surface area contributed by atoms with Crippen molar-refractivity contribution in [2.45, 2.75) is 12.5 Å². The van der Waals surface area contributed by atoms with Gasteiger partial charge in [-0.05, 0) is 36.2 Å². The molecule has 0 aliphatic carbocycles. The van der Waals surface area contributed by atoms with Crippen LogP contribution in [0.5, 0.6) is 0 Å². The zero-order valence-electron chi connectivity index (χ0n) is 13.1. The summed E-state index contributed by atoms with van der Waals surface area (Å²) in [7, 11) is 0. The van der Waals surface area contributed by atoms with Crippen LogP contribution in [0.2, 0.25) is 0 Å². The standard InChI is InChI=1S/C18H14N4O3/c19-10-12-3-7-14(8-4-12)17-21-16(22-25-17)13-5-1-11(2-6-13)9-15(20)18(23)24/h1-8,15H,9,20H2,(H,23,24)/t15-/m0/s1. The molecule has 3 aromatic rings. The minimum absolute atomic E-state index is 0.248. The van der Waals surface area contributed by atoms with Gasteiger partial charge in [0.1, 0.15) is 6.04 Å². The lowest BCUT2D eigenvalue weighted by molar-refractivity contribution is -0.138. The second-order valence-electron chi connectivity index (χ2n) is 5.46. The van der Waals surface area contributed by atoms with E-state index in [0.717, 1.165) is 16.7 Å². The van der Waals surface area contributed by atoms with Crippen LogP contribution < -0.4 is 5.73 Å². The zero-order valence-corrected chi connectivity index (χ0v) is 13.1. The number of benzene rings is 2. The molecular formula is C18H14N4O3. The van der Waals surface area contributed by atoms with E-state index >= 15 is 0 Å². The Balaban J connectivity index is 1.77. The number of aromatic nitrogens is 2. The summed E-state index contributed by atoms with van der Waals surface area (Å²) in [6, 6.07) is 15.1. The SMILES string of the molecule is N#Cc1ccc(-c2nc(-c3ccc(C[C@H](N)C(=O)O)cc3)no2)cc1. The molecule has 0 unspecified atom stereocenters. The first kappa shape index (κ1) is 16.4. The van der Waals surface area contributed by atoms with Gasteiger partial charge in [0.25, 0.3) is 5.89 Å². The van der Waals surface area contributed by atoms with E-state index in [1.807, 2.05) is 0 Å². The topological polar surface area (TPSA) is 126 Å². The average molecular weight is 334 g/mol. The third-order valence-electron chi connectivity index (χ3n) is 3.67. The van der Waals surface area contributed by atoms with Gasteiger partial charge in [-0.2, -0.15) is 10.2 Å². The van der Waals surface area contributed by atoms with Crippen molar-refractivity contribution in [2.75, 3.05) is 0 Å². The maximum atomic E-state index is 10.8. The second kappa shape index (κ2) is 6.95. The Hall–Kier alpha value is -3.50. The van der Waals surface area contributed by atoms with Crippen LogP contribution in [0.3, 0.4) is 0 Å². The molecule has 25 heavy (non-hydrogen) atoms. The van der Waals surface area contributed by atoms with Gasteiger partial charge >= 0.3 is 5.97 Å². The Morgan fingerprint density at radius 2 is 1.80 bits per heavy atom. The van der Waals surface area contributed by atoms with Crippen molar-refractivity contribution in [1.29, 1.82) is 5.26 Å². The molecule has 3 N–H and O–H groups in total. The van der Waals surface area contributed by atoms with Gasteiger partial charge in [-0.1, -0.05) is 29.4 Å². The van der Waals surface area contributed by atoms with Crippen molar-refractivity contribution in [3.63, 3.8) is 0 Å². The second-order valence-corrected chi connectivity index (χ2v) is 5.46. The average Bonchev–Trinajstić information content (AvgIpc) is 3.12. The monoisotopic (exact) mass is 334 g/mol. The van der Waals surface area contributed by atoms with E-state index in [0.29, 0.717) is 17.3 Å². The first-order valence-electron chi connectivity index (χ1n) is 7.49. The summed E-state index contributed by atoms with van der Waals surface area (Å²) < 4.78 is 5.26. The lowest BCUT2D eigenvalue weighted by atomic mass is 10.0. The predicted octanol–water partition coefficient (Wildman–Crippen LogP) is 2.23.